The van der Waals surface area contributed by atoms with E-state index in [1.165, 1.54) is 20.3 Å². The maximum Gasteiger partial charge on any atom is 0.400 e. The third kappa shape index (κ3) is 12.6. The van der Waals surface area contributed by atoms with E-state index in [4.69, 9.17) is 14.6 Å². The third-order valence-corrected chi connectivity index (χ3v) is 9.85. The van der Waals surface area contributed by atoms with E-state index >= 15 is 0 Å². The van der Waals surface area contributed by atoms with Gasteiger partial charge in [-0.25, -0.2) is 17.6 Å². The molecule has 0 amide bonds. The van der Waals surface area contributed by atoms with Gasteiger partial charge in [0, 0.05) is 25.3 Å². The van der Waals surface area contributed by atoms with Crippen LogP contribution < -0.4 is 4.74 Å². The molecule has 0 bridgehead atoms. The molecule has 0 aromatic heterocycles. The second-order valence-corrected chi connectivity index (χ2v) is 14.3. The first-order chi connectivity index (χ1) is 22.0. The fraction of sp³-hybridized carbons (Fsp3) is 0.829. The van der Waals surface area contributed by atoms with E-state index in [1.807, 2.05) is 0 Å². The summed E-state index contributed by atoms with van der Waals surface area (Å²) >= 11 is 0. The first-order valence-electron chi connectivity index (χ1n) is 17.1. The molecule has 4 aliphatic rings. The fourth-order valence-electron chi connectivity index (χ4n) is 7.05. The maximum absolute atomic E-state index is 14.4. The molecule has 272 valence electrons. The van der Waals surface area contributed by atoms with Crippen LogP contribution in [0.4, 0.5) is 35.1 Å². The Balaban J connectivity index is 0.000000245. The van der Waals surface area contributed by atoms with Gasteiger partial charge < -0.3 is 19.3 Å². The predicted octanol–water partition coefficient (Wildman–Crippen LogP) is 10.3. The van der Waals surface area contributed by atoms with Crippen LogP contribution >= 0.6 is 0 Å². The monoisotopic (exact) mass is 688 g/mol. The van der Waals surface area contributed by atoms with Crippen molar-refractivity contribution in [1.29, 1.82) is 0 Å². The number of halogens is 8. The average Bonchev–Trinajstić information content (AvgIpc) is 3.00. The summed E-state index contributed by atoms with van der Waals surface area (Å²) in [6, 6.07) is 0.879. The van der Waals surface area contributed by atoms with Gasteiger partial charge in [0.25, 0.3) is 0 Å². The minimum Gasteiger partial charge on any atom is -0.432 e. The molecule has 0 radical (unpaired) electrons. The molecule has 1 aromatic rings. The van der Waals surface area contributed by atoms with Crippen molar-refractivity contribution < 1.29 is 54.4 Å². The minimum absolute atomic E-state index is 0.127. The molecule has 2 saturated heterocycles. The van der Waals surface area contributed by atoms with Gasteiger partial charge in [-0.3, -0.25) is 0 Å². The van der Waals surface area contributed by atoms with Crippen molar-refractivity contribution in [2.45, 2.75) is 135 Å². The van der Waals surface area contributed by atoms with Gasteiger partial charge in [0.2, 0.25) is 0 Å². The highest BCUT2D eigenvalue weighted by molar-refractivity contribution is 5.25. The van der Waals surface area contributed by atoms with Gasteiger partial charge in [0.1, 0.15) is 5.75 Å². The fourth-order valence-corrected chi connectivity index (χ4v) is 7.05. The zero-order valence-electron chi connectivity index (χ0n) is 27.9. The number of hydrogen-bond donors (Lipinski definition) is 1. The van der Waals surface area contributed by atoms with E-state index in [-0.39, 0.29) is 31.0 Å². The largest absolute Gasteiger partial charge is 0.432 e. The molecular formula is C35H52F8O4. The second kappa shape index (κ2) is 17.8. The molecule has 5 rings (SSSR count). The quantitative estimate of drug-likeness (QED) is 0.239. The van der Waals surface area contributed by atoms with Crippen molar-refractivity contribution in [2.24, 2.45) is 35.5 Å². The number of aliphatic hydroxyl groups is 1. The maximum atomic E-state index is 14.4. The summed E-state index contributed by atoms with van der Waals surface area (Å²) in [5, 5.41) is 8.71. The van der Waals surface area contributed by atoms with Crippen molar-refractivity contribution in [3.63, 3.8) is 0 Å². The zero-order valence-corrected chi connectivity index (χ0v) is 27.9. The van der Waals surface area contributed by atoms with E-state index in [1.54, 1.807) is 0 Å². The van der Waals surface area contributed by atoms with Crippen LogP contribution in [0, 0.1) is 53.0 Å². The topological polar surface area (TPSA) is 47.9 Å². The molecule has 1 N–H and O–H groups in total. The summed E-state index contributed by atoms with van der Waals surface area (Å²) in [6.07, 6.45) is 1.03. The standard InChI is InChI=1S/C19H23F5O2.C13H22F2O2.C3H7F/c1-11-2-7-17(25-10-11)12-3-5-13(6-4-12)19(23,24)26-14-8-15(20)18(22)16(21)9-14;1-9-2-7-12(17-8-9)10-3-5-11(6-4-10)13(14,15)16;1-3(2)4/h8-9,11-13,17H,2-7,10H2,1H3;9-12,16H,2-8H2,1H3;3H,1-2H3. The lowest BCUT2D eigenvalue weighted by Crippen LogP contribution is -2.40. The van der Waals surface area contributed by atoms with Gasteiger partial charge >= 0.3 is 12.2 Å². The summed E-state index contributed by atoms with van der Waals surface area (Å²) in [5.74, 6) is -5.57. The zero-order chi connectivity index (χ0) is 34.9. The van der Waals surface area contributed by atoms with E-state index in [0.717, 1.165) is 38.7 Å². The van der Waals surface area contributed by atoms with Crippen LogP contribution in [0.15, 0.2) is 12.1 Å². The first kappa shape index (κ1) is 39.8. The van der Waals surface area contributed by atoms with Gasteiger partial charge in [0.05, 0.1) is 30.2 Å². The Morgan fingerprint density at radius 3 is 1.40 bits per heavy atom. The summed E-state index contributed by atoms with van der Waals surface area (Å²) in [5.41, 5.74) is 0. The van der Waals surface area contributed by atoms with Crippen LogP contribution in [0.1, 0.15) is 105 Å². The number of hydrogen-bond acceptors (Lipinski definition) is 4. The lowest BCUT2D eigenvalue weighted by atomic mass is 9.77. The highest BCUT2D eigenvalue weighted by Crippen LogP contribution is 2.43. The van der Waals surface area contributed by atoms with E-state index in [9.17, 15) is 35.1 Å². The summed E-state index contributed by atoms with van der Waals surface area (Å²) < 4.78 is 121. The Morgan fingerprint density at radius 2 is 1.06 bits per heavy atom. The van der Waals surface area contributed by atoms with Gasteiger partial charge in [0.15, 0.2) is 17.5 Å². The predicted molar refractivity (Wildman–Crippen MR) is 162 cm³/mol. The number of benzene rings is 1. The minimum atomic E-state index is -3.57. The Labute approximate surface area is 273 Å². The molecule has 1 aromatic carbocycles. The highest BCUT2D eigenvalue weighted by Gasteiger charge is 2.45. The molecule has 2 aliphatic heterocycles. The first-order valence-corrected chi connectivity index (χ1v) is 17.1. The Hall–Kier alpha value is -1.66. The summed E-state index contributed by atoms with van der Waals surface area (Å²) in [4.78, 5) is 0. The van der Waals surface area contributed by atoms with Gasteiger partial charge in [-0.1, -0.05) is 13.8 Å². The Morgan fingerprint density at radius 1 is 0.681 bits per heavy atom. The van der Waals surface area contributed by atoms with Crippen LogP contribution in [0.5, 0.6) is 5.75 Å². The summed E-state index contributed by atoms with van der Waals surface area (Å²) in [7, 11) is 0. The smallest absolute Gasteiger partial charge is 0.400 e. The molecule has 2 saturated carbocycles. The third-order valence-electron chi connectivity index (χ3n) is 9.85. The van der Waals surface area contributed by atoms with Crippen LogP contribution in [-0.2, 0) is 9.47 Å². The highest BCUT2D eigenvalue weighted by atomic mass is 19.3. The van der Waals surface area contributed by atoms with E-state index in [0.29, 0.717) is 62.2 Å². The molecule has 12 heteroatoms. The number of alkyl halides is 5. The Kier molecular flexibility index (Phi) is 15.1. The number of rotatable bonds is 6. The van der Waals surface area contributed by atoms with Crippen molar-refractivity contribution in [1.82, 2.24) is 0 Å². The molecule has 4 nitrogen and oxygen atoms in total. The van der Waals surface area contributed by atoms with Crippen molar-refractivity contribution in [3.8, 4) is 5.75 Å². The normalized spacial score (nSPS) is 32.0. The molecule has 4 unspecified atom stereocenters. The van der Waals surface area contributed by atoms with Gasteiger partial charge in [-0.2, -0.15) is 17.6 Å². The van der Waals surface area contributed by atoms with Crippen LogP contribution in [-0.4, -0.2) is 48.9 Å². The van der Waals surface area contributed by atoms with Crippen molar-refractivity contribution in [3.05, 3.63) is 29.6 Å². The average molecular weight is 689 g/mol. The van der Waals surface area contributed by atoms with Crippen LogP contribution in [0.3, 0.4) is 0 Å². The molecular weight excluding hydrogens is 636 g/mol. The van der Waals surface area contributed by atoms with Crippen LogP contribution in [0.2, 0.25) is 0 Å². The number of ether oxygens (including phenoxy) is 3. The molecule has 2 aliphatic carbocycles. The molecule has 0 spiro atoms. The van der Waals surface area contributed by atoms with E-state index < -0.39 is 53.4 Å². The van der Waals surface area contributed by atoms with Gasteiger partial charge in [-0.15, -0.1) is 0 Å². The SMILES string of the molecule is CC(C)F.CC1CCC(C2CCC(C(F)(F)Oc3cc(F)c(F)c(F)c3)CC2)OC1.CC1CCC(C2CCC(C(O)(F)F)CC2)OC1. The van der Waals surface area contributed by atoms with Crippen LogP contribution in [0.25, 0.3) is 0 Å². The van der Waals surface area contributed by atoms with E-state index in [2.05, 4.69) is 18.6 Å². The molecule has 2 heterocycles. The summed E-state index contributed by atoms with van der Waals surface area (Å²) in [6.45, 7) is 8.83. The molecule has 47 heavy (non-hydrogen) atoms. The Bertz CT molecular complexity index is 1030. The lowest BCUT2D eigenvalue weighted by molar-refractivity contribution is -0.245. The molecule has 4 atom stereocenters. The molecule has 4 fully saturated rings. The van der Waals surface area contributed by atoms with Crippen molar-refractivity contribution in [2.75, 3.05) is 13.2 Å². The second-order valence-electron chi connectivity index (χ2n) is 14.3. The van der Waals surface area contributed by atoms with Gasteiger partial charge in [-0.05, 0) is 115 Å². The lowest BCUT2D eigenvalue weighted by Gasteiger charge is -2.38. The van der Waals surface area contributed by atoms with Crippen molar-refractivity contribution >= 4 is 0 Å².